The van der Waals surface area contributed by atoms with Crippen LogP contribution in [0.25, 0.3) is 10.8 Å². The molecule has 0 saturated carbocycles. The number of benzene rings is 4. The van der Waals surface area contributed by atoms with Crippen LogP contribution in [0.1, 0.15) is 27.9 Å². The highest BCUT2D eigenvalue weighted by Crippen LogP contribution is 2.29. The molecule has 0 aliphatic rings. The molecule has 5 heteroatoms. The molecule has 4 rings (SSSR count). The predicted molar refractivity (Wildman–Crippen MR) is 135 cm³/mol. The summed E-state index contributed by atoms with van der Waals surface area (Å²) in [5.41, 5.74) is 8.24. The van der Waals surface area contributed by atoms with Crippen molar-refractivity contribution < 1.29 is 9.53 Å². The van der Waals surface area contributed by atoms with E-state index in [9.17, 15) is 4.79 Å². The molecule has 4 aromatic carbocycles. The Kier molecular flexibility index (Phi) is 7.61. The third kappa shape index (κ3) is 5.72. The van der Waals surface area contributed by atoms with Crippen LogP contribution >= 0.6 is 11.6 Å². The third-order valence-electron chi connectivity index (χ3n) is 5.55. The molecule has 33 heavy (non-hydrogen) atoms. The zero-order chi connectivity index (χ0) is 23.0. The lowest BCUT2D eigenvalue weighted by atomic mass is 10.0. The van der Waals surface area contributed by atoms with Crippen molar-refractivity contribution in [1.29, 1.82) is 0 Å². The molecule has 0 aliphatic carbocycles. The molecule has 0 unspecified atom stereocenters. The molecule has 2 N–H and O–H groups in total. The van der Waals surface area contributed by atoms with Gasteiger partial charge in [0.05, 0.1) is 5.56 Å². The van der Waals surface area contributed by atoms with Crippen molar-refractivity contribution in [2.75, 3.05) is 13.1 Å². The lowest BCUT2D eigenvalue weighted by Gasteiger charge is -2.25. The Labute approximate surface area is 199 Å². The zero-order valence-electron chi connectivity index (χ0n) is 18.4. The Morgan fingerprint density at radius 3 is 2.27 bits per heavy atom. The van der Waals surface area contributed by atoms with E-state index in [1.807, 2.05) is 91.0 Å². The number of nitrogens with zero attached hydrogens (tertiary/aromatic N) is 1. The Bertz CT molecular complexity index is 1230. The van der Waals surface area contributed by atoms with E-state index in [0.29, 0.717) is 49.0 Å². The van der Waals surface area contributed by atoms with Crippen molar-refractivity contribution in [3.05, 3.63) is 113 Å². The summed E-state index contributed by atoms with van der Waals surface area (Å²) in [6, 6.07) is 29.4. The molecule has 1 amide bonds. The second-order valence-corrected chi connectivity index (χ2v) is 8.34. The number of fused-ring (bicyclic) bond motifs is 1. The van der Waals surface area contributed by atoms with Crippen LogP contribution in [-0.4, -0.2) is 23.9 Å². The Balaban J connectivity index is 1.69. The molecule has 0 fully saturated rings. The quantitative estimate of drug-likeness (QED) is 0.331. The maximum atomic E-state index is 13.8. The van der Waals surface area contributed by atoms with E-state index in [4.69, 9.17) is 22.1 Å². The summed E-state index contributed by atoms with van der Waals surface area (Å²) in [7, 11) is 0. The van der Waals surface area contributed by atoms with Crippen LogP contribution in [0.4, 0.5) is 0 Å². The van der Waals surface area contributed by atoms with Crippen LogP contribution in [-0.2, 0) is 13.2 Å². The summed E-state index contributed by atoms with van der Waals surface area (Å²) in [6.45, 7) is 1.82. The fraction of sp³-hybridized carbons (Fsp3) is 0.179. The van der Waals surface area contributed by atoms with E-state index in [0.717, 1.165) is 21.9 Å². The minimum Gasteiger partial charge on any atom is -0.488 e. The van der Waals surface area contributed by atoms with Crippen molar-refractivity contribution in [2.45, 2.75) is 19.6 Å². The highest BCUT2D eigenvalue weighted by atomic mass is 35.5. The fourth-order valence-corrected chi connectivity index (χ4v) is 3.97. The molecular formula is C28H27ClN2O2. The SMILES string of the molecule is NCCCN(Cc1ccccc1Cl)C(=O)c1cc2ccccc2cc1OCc1ccccc1. The van der Waals surface area contributed by atoms with Crippen LogP contribution < -0.4 is 10.5 Å². The average molecular weight is 459 g/mol. The molecule has 0 atom stereocenters. The van der Waals surface area contributed by atoms with Gasteiger partial charge in [-0.3, -0.25) is 4.79 Å². The first kappa shape index (κ1) is 22.8. The minimum absolute atomic E-state index is 0.0998. The molecule has 0 aromatic heterocycles. The highest BCUT2D eigenvalue weighted by Gasteiger charge is 2.21. The first-order valence-corrected chi connectivity index (χ1v) is 11.5. The van der Waals surface area contributed by atoms with Crippen molar-refractivity contribution in [1.82, 2.24) is 4.90 Å². The maximum Gasteiger partial charge on any atom is 0.257 e. The van der Waals surface area contributed by atoms with Gasteiger partial charge in [-0.2, -0.15) is 0 Å². The zero-order valence-corrected chi connectivity index (χ0v) is 19.2. The summed E-state index contributed by atoms with van der Waals surface area (Å²) < 4.78 is 6.18. The molecule has 0 radical (unpaired) electrons. The second kappa shape index (κ2) is 11.0. The van der Waals surface area contributed by atoms with Gasteiger partial charge in [0.15, 0.2) is 0 Å². The topological polar surface area (TPSA) is 55.6 Å². The number of rotatable bonds is 9. The summed E-state index contributed by atoms with van der Waals surface area (Å²) in [4.78, 5) is 15.6. The molecule has 0 heterocycles. The molecule has 0 spiro atoms. The number of halogens is 1. The minimum atomic E-state index is -0.0998. The standard InChI is InChI=1S/C28H27ClN2O2/c29-26-14-7-6-13-24(26)19-31(16-8-15-30)28(32)25-17-22-11-4-5-12-23(22)18-27(25)33-20-21-9-2-1-3-10-21/h1-7,9-14,17-18H,8,15-16,19-20,30H2. The number of amides is 1. The van der Waals surface area contributed by atoms with Gasteiger partial charge in [-0.05, 0) is 53.1 Å². The summed E-state index contributed by atoms with van der Waals surface area (Å²) in [6.07, 6.45) is 0.698. The number of carbonyl (C=O) groups excluding carboxylic acids is 1. The van der Waals surface area contributed by atoms with Gasteiger partial charge in [0.2, 0.25) is 0 Å². The van der Waals surface area contributed by atoms with Crippen molar-refractivity contribution in [3.63, 3.8) is 0 Å². The van der Waals surface area contributed by atoms with Gasteiger partial charge in [0, 0.05) is 18.1 Å². The summed E-state index contributed by atoms with van der Waals surface area (Å²) in [5, 5.41) is 2.66. The van der Waals surface area contributed by atoms with Crippen LogP contribution in [0, 0.1) is 0 Å². The maximum absolute atomic E-state index is 13.8. The average Bonchev–Trinajstić information content (AvgIpc) is 2.86. The second-order valence-electron chi connectivity index (χ2n) is 7.93. The molecule has 0 bridgehead atoms. The molecule has 0 saturated heterocycles. The monoisotopic (exact) mass is 458 g/mol. The van der Waals surface area contributed by atoms with Gasteiger partial charge in [-0.1, -0.05) is 84.4 Å². The first-order valence-electron chi connectivity index (χ1n) is 11.1. The largest absolute Gasteiger partial charge is 0.488 e. The summed E-state index contributed by atoms with van der Waals surface area (Å²) in [5.74, 6) is 0.469. The molecular weight excluding hydrogens is 432 g/mol. The van der Waals surface area contributed by atoms with Crippen LogP contribution in [0.3, 0.4) is 0 Å². The Morgan fingerprint density at radius 2 is 1.55 bits per heavy atom. The van der Waals surface area contributed by atoms with Gasteiger partial charge >= 0.3 is 0 Å². The number of carbonyl (C=O) groups is 1. The number of hydrogen-bond donors (Lipinski definition) is 1. The highest BCUT2D eigenvalue weighted by molar-refractivity contribution is 6.31. The van der Waals surface area contributed by atoms with E-state index >= 15 is 0 Å². The van der Waals surface area contributed by atoms with Gasteiger partial charge < -0.3 is 15.4 Å². The Hall–Kier alpha value is -3.34. The van der Waals surface area contributed by atoms with E-state index in [1.165, 1.54) is 0 Å². The van der Waals surface area contributed by atoms with Gasteiger partial charge in [0.25, 0.3) is 5.91 Å². The van der Waals surface area contributed by atoms with E-state index in [1.54, 1.807) is 4.90 Å². The lowest BCUT2D eigenvalue weighted by Crippen LogP contribution is -2.33. The van der Waals surface area contributed by atoms with Gasteiger partial charge in [-0.25, -0.2) is 0 Å². The number of ether oxygens (including phenoxy) is 1. The van der Waals surface area contributed by atoms with Crippen molar-refractivity contribution in [3.8, 4) is 5.75 Å². The Morgan fingerprint density at radius 1 is 0.879 bits per heavy atom. The van der Waals surface area contributed by atoms with Gasteiger partial charge in [-0.15, -0.1) is 0 Å². The number of nitrogens with two attached hydrogens (primary N) is 1. The van der Waals surface area contributed by atoms with E-state index in [2.05, 4.69) is 0 Å². The molecule has 168 valence electrons. The van der Waals surface area contributed by atoms with Crippen LogP contribution in [0.2, 0.25) is 5.02 Å². The molecule has 0 aliphatic heterocycles. The fourth-order valence-electron chi connectivity index (χ4n) is 3.78. The van der Waals surface area contributed by atoms with E-state index in [-0.39, 0.29) is 5.91 Å². The summed E-state index contributed by atoms with van der Waals surface area (Å²) >= 11 is 6.39. The molecule has 4 aromatic rings. The van der Waals surface area contributed by atoms with Gasteiger partial charge in [0.1, 0.15) is 12.4 Å². The van der Waals surface area contributed by atoms with Crippen LogP contribution in [0.5, 0.6) is 5.75 Å². The first-order chi connectivity index (χ1) is 16.2. The predicted octanol–water partition coefficient (Wildman–Crippen LogP) is 6.06. The molecule has 4 nitrogen and oxygen atoms in total. The normalized spacial score (nSPS) is 10.8. The van der Waals surface area contributed by atoms with Crippen molar-refractivity contribution in [2.24, 2.45) is 5.73 Å². The third-order valence-corrected chi connectivity index (χ3v) is 5.92. The smallest absolute Gasteiger partial charge is 0.257 e. The van der Waals surface area contributed by atoms with E-state index < -0.39 is 0 Å². The number of hydrogen-bond acceptors (Lipinski definition) is 3. The van der Waals surface area contributed by atoms with Crippen molar-refractivity contribution >= 4 is 28.3 Å². The van der Waals surface area contributed by atoms with Crippen LogP contribution in [0.15, 0.2) is 91.0 Å². The lowest BCUT2D eigenvalue weighted by molar-refractivity contribution is 0.0737.